The Balaban J connectivity index is 2.31. The number of ether oxygens (including phenoxy) is 1. The van der Waals surface area contributed by atoms with Crippen LogP contribution >= 0.6 is 0 Å². The summed E-state index contributed by atoms with van der Waals surface area (Å²) in [6, 6.07) is 7.98. The Morgan fingerprint density at radius 2 is 1.66 bits per heavy atom. The van der Waals surface area contributed by atoms with Crippen LogP contribution in [0.25, 0.3) is 0 Å². The van der Waals surface area contributed by atoms with Gasteiger partial charge in [0.15, 0.2) is 0 Å². The third-order valence-corrected chi connectivity index (χ3v) is 4.84. The third kappa shape index (κ3) is 12.5. The summed E-state index contributed by atoms with van der Waals surface area (Å²) in [5.41, 5.74) is 1.63. The van der Waals surface area contributed by atoms with Gasteiger partial charge < -0.3 is 20.3 Å². The van der Waals surface area contributed by atoms with Crippen LogP contribution in [0.3, 0.4) is 0 Å². The maximum absolute atomic E-state index is 10.1. The largest absolute Gasteiger partial charge is 0.489 e. The fourth-order valence-corrected chi connectivity index (χ4v) is 3.12. The van der Waals surface area contributed by atoms with E-state index in [1.54, 1.807) is 0 Å². The average molecular weight is 405 g/mol. The molecule has 0 aliphatic heterocycles. The van der Waals surface area contributed by atoms with Gasteiger partial charge in [0.1, 0.15) is 24.5 Å². The maximum atomic E-state index is 10.1. The van der Waals surface area contributed by atoms with Gasteiger partial charge in [0.2, 0.25) is 0 Å². The van der Waals surface area contributed by atoms with Gasteiger partial charge >= 0.3 is 0 Å². The normalized spacial score (nSPS) is 12.6. The smallest absolute Gasteiger partial charge is 0.137 e. The number of unbranched alkanes of at least 4 members (excludes halogenated alkanes) is 7. The molecule has 0 heterocycles. The van der Waals surface area contributed by atoms with E-state index in [9.17, 15) is 10.4 Å². The van der Waals surface area contributed by atoms with Gasteiger partial charge in [-0.2, -0.15) is 5.26 Å². The molecule has 0 aliphatic carbocycles. The minimum Gasteiger partial charge on any atom is -0.489 e. The van der Waals surface area contributed by atoms with E-state index >= 15 is 0 Å². The van der Waals surface area contributed by atoms with E-state index < -0.39 is 6.10 Å². The van der Waals surface area contributed by atoms with E-state index in [2.05, 4.69) is 11.4 Å². The molecule has 3 N–H and O–H groups in total. The minimum atomic E-state index is -0.621. The monoisotopic (exact) mass is 404 g/mol. The summed E-state index contributed by atoms with van der Waals surface area (Å²) in [4.78, 5) is 0. The molecule has 0 radical (unpaired) electrons. The Labute approximate surface area is 177 Å². The van der Waals surface area contributed by atoms with Crippen molar-refractivity contribution < 1.29 is 14.9 Å². The quantitative estimate of drug-likeness (QED) is 0.379. The maximum Gasteiger partial charge on any atom is 0.137 e. The molecule has 0 amide bonds. The SMILES string of the molecule is CC(C)(C)NC[C@H](O)COc1ccc(CCCCCCCCCCO)cc1C#N. The zero-order valence-corrected chi connectivity index (χ0v) is 18.5. The van der Waals surface area contributed by atoms with Crippen molar-refractivity contribution in [3.05, 3.63) is 29.3 Å². The number of hydrogen-bond acceptors (Lipinski definition) is 5. The van der Waals surface area contributed by atoms with E-state index in [1.165, 1.54) is 32.1 Å². The molecule has 0 bridgehead atoms. The Hall–Kier alpha value is -1.61. The molecule has 5 nitrogen and oxygen atoms in total. The topological polar surface area (TPSA) is 85.5 Å². The second-order valence-electron chi connectivity index (χ2n) is 8.84. The summed E-state index contributed by atoms with van der Waals surface area (Å²) in [6.45, 7) is 7.06. The first-order chi connectivity index (χ1) is 13.9. The van der Waals surface area contributed by atoms with E-state index in [0.717, 1.165) is 31.2 Å². The lowest BCUT2D eigenvalue weighted by Crippen LogP contribution is -2.42. The van der Waals surface area contributed by atoms with E-state index in [-0.39, 0.29) is 12.1 Å². The fourth-order valence-electron chi connectivity index (χ4n) is 3.12. The van der Waals surface area contributed by atoms with E-state index in [4.69, 9.17) is 9.84 Å². The zero-order chi connectivity index (χ0) is 21.5. The highest BCUT2D eigenvalue weighted by Crippen LogP contribution is 2.21. The molecule has 0 saturated heterocycles. The van der Waals surface area contributed by atoms with Crippen molar-refractivity contribution in [3.63, 3.8) is 0 Å². The van der Waals surface area contributed by atoms with Crippen LogP contribution in [-0.2, 0) is 6.42 Å². The van der Waals surface area contributed by atoms with Crippen molar-refractivity contribution in [1.82, 2.24) is 5.32 Å². The van der Waals surface area contributed by atoms with Crippen molar-refractivity contribution in [3.8, 4) is 11.8 Å². The number of aliphatic hydroxyl groups excluding tert-OH is 2. The van der Waals surface area contributed by atoms with Crippen LogP contribution in [0, 0.1) is 11.3 Å². The van der Waals surface area contributed by atoms with Crippen molar-refractivity contribution in [1.29, 1.82) is 5.26 Å². The molecule has 1 aromatic carbocycles. The highest BCUT2D eigenvalue weighted by molar-refractivity contribution is 5.45. The molecule has 1 aromatic rings. The first-order valence-corrected chi connectivity index (χ1v) is 11.1. The molecule has 0 fully saturated rings. The van der Waals surface area contributed by atoms with Gasteiger partial charge in [-0.3, -0.25) is 0 Å². The van der Waals surface area contributed by atoms with E-state index in [1.807, 2.05) is 39.0 Å². The average Bonchev–Trinajstić information content (AvgIpc) is 2.69. The zero-order valence-electron chi connectivity index (χ0n) is 18.5. The summed E-state index contributed by atoms with van der Waals surface area (Å²) in [5, 5.41) is 31.5. The Kier molecular flexibility index (Phi) is 12.6. The molecule has 0 spiro atoms. The number of rotatable bonds is 15. The Bertz CT molecular complexity index is 605. The lowest BCUT2D eigenvalue weighted by atomic mass is 10.0. The van der Waals surface area contributed by atoms with E-state index in [0.29, 0.717) is 24.5 Å². The first-order valence-electron chi connectivity index (χ1n) is 11.1. The van der Waals surface area contributed by atoms with Crippen molar-refractivity contribution >= 4 is 0 Å². The van der Waals surface area contributed by atoms with Gasteiger partial charge in [-0.25, -0.2) is 0 Å². The van der Waals surface area contributed by atoms with Crippen molar-refractivity contribution in [2.24, 2.45) is 0 Å². The van der Waals surface area contributed by atoms with Crippen LogP contribution in [0.15, 0.2) is 18.2 Å². The van der Waals surface area contributed by atoms with Gasteiger partial charge in [-0.15, -0.1) is 0 Å². The molecule has 164 valence electrons. The molecule has 1 rings (SSSR count). The van der Waals surface area contributed by atoms with Gasteiger partial charge in [-0.05, 0) is 57.7 Å². The fraction of sp³-hybridized carbons (Fsp3) is 0.708. The molecule has 0 saturated carbocycles. The summed E-state index contributed by atoms with van der Waals surface area (Å²) in [5.74, 6) is 0.536. The van der Waals surface area contributed by atoms with Crippen molar-refractivity contribution in [2.45, 2.75) is 90.2 Å². The Morgan fingerprint density at radius 3 is 2.24 bits per heavy atom. The van der Waals surface area contributed by atoms with Crippen LogP contribution in [0.2, 0.25) is 0 Å². The molecular weight excluding hydrogens is 364 g/mol. The second-order valence-corrected chi connectivity index (χ2v) is 8.84. The third-order valence-electron chi connectivity index (χ3n) is 4.84. The number of aryl methyl sites for hydroxylation is 1. The highest BCUT2D eigenvalue weighted by Gasteiger charge is 2.13. The molecule has 29 heavy (non-hydrogen) atoms. The molecular formula is C24H40N2O3. The summed E-state index contributed by atoms with van der Waals surface area (Å²) in [7, 11) is 0. The number of hydrogen-bond donors (Lipinski definition) is 3. The second kappa shape index (κ2) is 14.4. The first kappa shape index (κ1) is 25.4. The highest BCUT2D eigenvalue weighted by atomic mass is 16.5. The van der Waals surface area contributed by atoms with Crippen LogP contribution < -0.4 is 10.1 Å². The number of nitrogens with one attached hydrogen (secondary N) is 1. The number of nitriles is 1. The molecule has 1 atom stereocenters. The summed E-state index contributed by atoms with van der Waals surface area (Å²) in [6.07, 6.45) is 9.70. The standard InChI is InChI=1S/C24H40N2O3/c1-24(2,3)26-18-22(28)19-29-23-14-13-20(16-21(23)17-25)12-10-8-6-4-5-7-9-11-15-27/h13-14,16,22,26-28H,4-12,15,18-19H2,1-3H3/t22-/m0/s1. The predicted octanol–water partition coefficient (Wildman–Crippen LogP) is 4.34. The molecule has 0 aliphatic rings. The molecule has 5 heteroatoms. The number of β-amino-alcohol motifs (C(OH)–C–C–N with tert-alkyl or cyclic N) is 1. The predicted molar refractivity (Wildman–Crippen MR) is 118 cm³/mol. The van der Waals surface area contributed by atoms with Crippen molar-refractivity contribution in [2.75, 3.05) is 19.8 Å². The number of nitrogens with zero attached hydrogens (tertiary/aromatic N) is 1. The van der Waals surface area contributed by atoms with Crippen LogP contribution in [0.4, 0.5) is 0 Å². The van der Waals surface area contributed by atoms with Gasteiger partial charge in [0.25, 0.3) is 0 Å². The lowest BCUT2D eigenvalue weighted by molar-refractivity contribution is 0.0999. The summed E-state index contributed by atoms with van der Waals surface area (Å²) < 4.78 is 5.68. The van der Waals surface area contributed by atoms with Gasteiger partial charge in [0, 0.05) is 18.7 Å². The molecule has 0 unspecified atom stereocenters. The van der Waals surface area contributed by atoms with Crippen LogP contribution in [0.1, 0.15) is 83.3 Å². The van der Waals surface area contributed by atoms with Gasteiger partial charge in [0.05, 0.1) is 5.56 Å². The minimum absolute atomic E-state index is 0.0552. The van der Waals surface area contributed by atoms with Crippen LogP contribution in [0.5, 0.6) is 5.75 Å². The van der Waals surface area contributed by atoms with Crippen LogP contribution in [-0.4, -0.2) is 41.6 Å². The number of benzene rings is 1. The summed E-state index contributed by atoms with van der Waals surface area (Å²) >= 11 is 0. The molecule has 0 aromatic heterocycles. The lowest BCUT2D eigenvalue weighted by Gasteiger charge is -2.23. The number of aliphatic hydroxyl groups is 2. The Morgan fingerprint density at radius 1 is 1.03 bits per heavy atom. The van der Waals surface area contributed by atoms with Gasteiger partial charge in [-0.1, -0.05) is 44.6 Å².